The molecule has 162 valence electrons. The maximum absolute atomic E-state index is 13.0. The number of nitrogens with zero attached hydrogens (tertiary/aromatic N) is 2. The summed E-state index contributed by atoms with van der Waals surface area (Å²) in [5, 5.41) is 0.475. The van der Waals surface area contributed by atoms with Crippen LogP contribution in [0.4, 0.5) is 4.39 Å². The van der Waals surface area contributed by atoms with Gasteiger partial charge in [0.2, 0.25) is 0 Å². The molecule has 30 heavy (non-hydrogen) atoms. The van der Waals surface area contributed by atoms with Gasteiger partial charge in [-0.25, -0.2) is 9.38 Å². The molecule has 1 aliphatic carbocycles. The fourth-order valence-electron chi connectivity index (χ4n) is 3.67. The molecule has 1 aromatic rings. The van der Waals surface area contributed by atoms with E-state index in [0.717, 1.165) is 11.5 Å². The van der Waals surface area contributed by atoms with E-state index in [1.54, 1.807) is 31.2 Å². The highest BCUT2D eigenvalue weighted by Gasteiger charge is 2.31. The zero-order valence-corrected chi connectivity index (χ0v) is 19.0. The minimum atomic E-state index is -0.659. The summed E-state index contributed by atoms with van der Waals surface area (Å²) < 4.78 is 13.0. The third kappa shape index (κ3) is 6.40. The molecule has 2 aliphatic rings. The van der Waals surface area contributed by atoms with Crippen LogP contribution in [0.5, 0.6) is 0 Å². The summed E-state index contributed by atoms with van der Waals surface area (Å²) in [6.45, 7) is 8.95. The van der Waals surface area contributed by atoms with E-state index in [1.807, 2.05) is 19.1 Å². The van der Waals surface area contributed by atoms with E-state index in [-0.39, 0.29) is 12.5 Å². The van der Waals surface area contributed by atoms with Gasteiger partial charge in [-0.05, 0) is 31.9 Å². The number of benzene rings is 1. The van der Waals surface area contributed by atoms with Crippen molar-refractivity contribution in [3.05, 3.63) is 64.9 Å². The van der Waals surface area contributed by atoms with Crippen molar-refractivity contribution in [2.24, 2.45) is 10.9 Å². The molecule has 0 atom stereocenters. The van der Waals surface area contributed by atoms with Crippen molar-refractivity contribution in [2.75, 3.05) is 13.2 Å². The van der Waals surface area contributed by atoms with Gasteiger partial charge in [0.25, 0.3) is 5.91 Å². The van der Waals surface area contributed by atoms with Crippen molar-refractivity contribution in [3.63, 3.8) is 0 Å². The molecule has 1 heterocycles. The predicted octanol–water partition coefficient (Wildman–Crippen LogP) is 7.00. The summed E-state index contributed by atoms with van der Waals surface area (Å²) in [7, 11) is 0. The van der Waals surface area contributed by atoms with Crippen LogP contribution in [0.3, 0.4) is 0 Å². The standard InChI is InChI=1S/C18H18ClFN2O.C7H14/c1-4-13-11-15(14-7-5-6-8-16(14)19)18(23)22(10-9-20)17(13)21-12(2)3;1-7-5-3-2-4-6-7/h4-8,11H,2,9-10H2,1,3H3;7H,2-6H2,1H3/b13-4-,21-17?;. The molecule has 5 heteroatoms. The van der Waals surface area contributed by atoms with Gasteiger partial charge in [-0.1, -0.05) is 81.5 Å². The topological polar surface area (TPSA) is 32.7 Å². The van der Waals surface area contributed by atoms with Gasteiger partial charge in [-0.3, -0.25) is 9.69 Å². The molecule has 0 bridgehead atoms. The van der Waals surface area contributed by atoms with E-state index >= 15 is 0 Å². The normalized spacial score (nSPS) is 20.1. The number of aliphatic imine (C=N–C) groups is 1. The highest BCUT2D eigenvalue weighted by Crippen LogP contribution is 2.31. The molecular weight excluding hydrogens is 399 g/mol. The van der Waals surface area contributed by atoms with Crippen LogP contribution in [0.2, 0.25) is 5.02 Å². The van der Waals surface area contributed by atoms with Crippen molar-refractivity contribution in [2.45, 2.75) is 52.9 Å². The van der Waals surface area contributed by atoms with Crippen molar-refractivity contribution in [3.8, 4) is 0 Å². The van der Waals surface area contributed by atoms with Crippen LogP contribution in [0.25, 0.3) is 5.57 Å². The van der Waals surface area contributed by atoms with Gasteiger partial charge in [-0.2, -0.15) is 0 Å². The zero-order chi connectivity index (χ0) is 22.1. The van der Waals surface area contributed by atoms with E-state index < -0.39 is 6.67 Å². The molecule has 1 fully saturated rings. The summed E-state index contributed by atoms with van der Waals surface area (Å²) in [5.74, 6) is 1.13. The first-order valence-corrected chi connectivity index (χ1v) is 11.0. The molecule has 0 unspecified atom stereocenters. The van der Waals surface area contributed by atoms with Gasteiger partial charge in [0, 0.05) is 27.4 Å². The number of carbonyl (C=O) groups is 1. The summed E-state index contributed by atoms with van der Waals surface area (Å²) in [6.07, 6.45) is 11.0. The SMILES string of the molecule is C=C(C)N=C1/C(=C\C)C=C(c2ccccc2Cl)C(=O)N1CCF.CC1CCCCC1. The summed E-state index contributed by atoms with van der Waals surface area (Å²) in [6, 6.07) is 7.09. The number of alkyl halides is 1. The maximum atomic E-state index is 13.0. The number of rotatable bonds is 4. The largest absolute Gasteiger partial charge is 0.290 e. The Balaban J connectivity index is 0.000000386. The molecule has 3 nitrogen and oxygen atoms in total. The quantitative estimate of drug-likeness (QED) is 0.506. The smallest absolute Gasteiger partial charge is 0.260 e. The number of halogens is 2. The van der Waals surface area contributed by atoms with Crippen LogP contribution in [0, 0.1) is 5.92 Å². The molecule has 1 amide bonds. The van der Waals surface area contributed by atoms with Gasteiger partial charge < -0.3 is 0 Å². The molecule has 0 saturated heterocycles. The number of amidine groups is 1. The molecule has 3 rings (SSSR count). The minimum Gasteiger partial charge on any atom is -0.290 e. The van der Waals surface area contributed by atoms with Crippen LogP contribution in [-0.4, -0.2) is 29.9 Å². The lowest BCUT2D eigenvalue weighted by Crippen LogP contribution is -2.42. The lowest BCUT2D eigenvalue weighted by atomic mass is 9.91. The van der Waals surface area contributed by atoms with Gasteiger partial charge >= 0.3 is 0 Å². The second-order valence-corrected chi connectivity index (χ2v) is 8.25. The Morgan fingerprint density at radius 2 is 1.97 bits per heavy atom. The Morgan fingerprint density at radius 1 is 1.30 bits per heavy atom. The van der Waals surface area contributed by atoms with Crippen LogP contribution in [-0.2, 0) is 4.79 Å². The Bertz CT molecular complexity index is 850. The van der Waals surface area contributed by atoms with E-state index in [2.05, 4.69) is 18.5 Å². The Morgan fingerprint density at radius 3 is 2.47 bits per heavy atom. The molecule has 1 aromatic carbocycles. The lowest BCUT2D eigenvalue weighted by molar-refractivity contribution is -0.121. The number of amides is 1. The van der Waals surface area contributed by atoms with Crippen LogP contribution in [0.15, 0.2) is 59.3 Å². The van der Waals surface area contributed by atoms with Crippen LogP contribution >= 0.6 is 11.6 Å². The molecule has 1 aliphatic heterocycles. The maximum Gasteiger partial charge on any atom is 0.260 e. The highest BCUT2D eigenvalue weighted by molar-refractivity contribution is 6.37. The predicted molar refractivity (Wildman–Crippen MR) is 125 cm³/mol. The van der Waals surface area contributed by atoms with Gasteiger partial charge in [0.15, 0.2) is 0 Å². The minimum absolute atomic E-state index is 0.0654. The van der Waals surface area contributed by atoms with Crippen molar-refractivity contribution in [1.29, 1.82) is 0 Å². The summed E-state index contributed by atoms with van der Waals surface area (Å²) >= 11 is 6.21. The van der Waals surface area contributed by atoms with Crippen LogP contribution < -0.4 is 0 Å². The molecule has 0 aromatic heterocycles. The first kappa shape index (κ1) is 24.1. The third-order valence-electron chi connectivity index (χ3n) is 5.26. The van der Waals surface area contributed by atoms with E-state index in [9.17, 15) is 9.18 Å². The van der Waals surface area contributed by atoms with Crippen LogP contribution in [0.1, 0.15) is 58.4 Å². The number of carbonyl (C=O) groups excluding carboxylic acids is 1. The monoisotopic (exact) mass is 430 g/mol. The van der Waals surface area contributed by atoms with Gasteiger partial charge in [-0.15, -0.1) is 0 Å². The number of hydrogen-bond donors (Lipinski definition) is 0. The molecular formula is C25H32ClFN2O. The highest BCUT2D eigenvalue weighted by atomic mass is 35.5. The first-order chi connectivity index (χ1) is 14.4. The lowest BCUT2D eigenvalue weighted by Gasteiger charge is -2.30. The Hall–Kier alpha value is -2.20. The van der Waals surface area contributed by atoms with E-state index in [4.69, 9.17) is 11.6 Å². The van der Waals surface area contributed by atoms with Crippen molar-refractivity contribution >= 4 is 28.9 Å². The first-order valence-electron chi connectivity index (χ1n) is 10.6. The average molecular weight is 431 g/mol. The zero-order valence-electron chi connectivity index (χ0n) is 18.3. The number of hydrogen-bond acceptors (Lipinski definition) is 2. The van der Waals surface area contributed by atoms with Crippen molar-refractivity contribution in [1.82, 2.24) is 4.90 Å². The molecule has 0 spiro atoms. The Kier molecular flexibility index (Phi) is 9.51. The summed E-state index contributed by atoms with van der Waals surface area (Å²) in [4.78, 5) is 18.5. The molecule has 1 saturated carbocycles. The molecule has 0 radical (unpaired) electrons. The fraction of sp³-hybridized carbons (Fsp3) is 0.440. The Labute approximate surface area is 185 Å². The summed E-state index contributed by atoms with van der Waals surface area (Å²) in [5.41, 5.74) is 2.33. The second kappa shape index (κ2) is 11.8. The average Bonchev–Trinajstić information content (AvgIpc) is 2.72. The third-order valence-corrected chi connectivity index (χ3v) is 5.59. The van der Waals surface area contributed by atoms with Crippen molar-refractivity contribution < 1.29 is 9.18 Å². The van der Waals surface area contributed by atoms with Gasteiger partial charge in [0.05, 0.1) is 6.54 Å². The molecule has 0 N–H and O–H groups in total. The number of allylic oxidation sites excluding steroid dienone is 2. The second-order valence-electron chi connectivity index (χ2n) is 7.84. The van der Waals surface area contributed by atoms with Gasteiger partial charge in [0.1, 0.15) is 12.5 Å². The fourth-order valence-corrected chi connectivity index (χ4v) is 3.91. The van der Waals surface area contributed by atoms with E-state index in [1.165, 1.54) is 37.0 Å². The van der Waals surface area contributed by atoms with E-state index in [0.29, 0.717) is 27.7 Å².